The van der Waals surface area contributed by atoms with Gasteiger partial charge in [0.15, 0.2) is 0 Å². The molecular formula is C16H22O3. The fourth-order valence-electron chi connectivity index (χ4n) is 3.58. The van der Waals surface area contributed by atoms with Crippen LogP contribution in [0.5, 0.6) is 5.75 Å². The van der Waals surface area contributed by atoms with E-state index in [-0.39, 0.29) is 11.3 Å². The Kier molecular flexibility index (Phi) is 3.57. The maximum absolute atomic E-state index is 11.1. The normalized spacial score (nSPS) is 26.1. The zero-order chi connectivity index (χ0) is 14.2. The monoisotopic (exact) mass is 262 g/mol. The van der Waals surface area contributed by atoms with Gasteiger partial charge in [-0.2, -0.15) is 0 Å². The van der Waals surface area contributed by atoms with Crippen LogP contribution in [-0.2, 0) is 0 Å². The lowest BCUT2D eigenvalue weighted by molar-refractivity contribution is 0.0693. The second kappa shape index (κ2) is 4.87. The lowest BCUT2D eigenvalue weighted by Gasteiger charge is -2.39. The molecule has 2 unspecified atom stereocenters. The second-order valence-corrected chi connectivity index (χ2v) is 6.69. The SMILES string of the molecule is CC1CC(c2ccc(O)c(C(=O)O)c2)CC(C)(C)C1. The molecule has 1 saturated carbocycles. The first-order valence-electron chi connectivity index (χ1n) is 6.85. The standard InChI is InChI=1S/C16H22O3/c1-10-6-12(9-16(2,3)8-10)11-4-5-14(17)13(7-11)15(18)19/h4-5,7,10,12,17H,6,8-9H2,1-3H3,(H,18,19). The van der Waals surface area contributed by atoms with E-state index in [1.165, 1.54) is 12.5 Å². The minimum absolute atomic E-state index is 0.00790. The Morgan fingerprint density at radius 2 is 2.00 bits per heavy atom. The van der Waals surface area contributed by atoms with Crippen molar-refractivity contribution < 1.29 is 15.0 Å². The largest absolute Gasteiger partial charge is 0.507 e. The van der Waals surface area contributed by atoms with E-state index in [0.717, 1.165) is 18.4 Å². The van der Waals surface area contributed by atoms with Crippen molar-refractivity contribution >= 4 is 5.97 Å². The number of carboxylic acid groups (broad SMARTS) is 1. The van der Waals surface area contributed by atoms with Gasteiger partial charge in [0.25, 0.3) is 0 Å². The molecule has 0 bridgehead atoms. The molecule has 1 fully saturated rings. The number of aromatic hydroxyl groups is 1. The number of aromatic carboxylic acids is 1. The molecule has 0 heterocycles. The summed E-state index contributed by atoms with van der Waals surface area (Å²) in [5.74, 6) is -0.185. The molecule has 2 N–H and O–H groups in total. The van der Waals surface area contributed by atoms with E-state index in [1.54, 1.807) is 6.07 Å². The number of hydrogen-bond donors (Lipinski definition) is 2. The molecule has 1 aromatic rings. The number of rotatable bonds is 2. The predicted molar refractivity (Wildman–Crippen MR) is 74.6 cm³/mol. The van der Waals surface area contributed by atoms with Crippen LogP contribution in [0.4, 0.5) is 0 Å². The van der Waals surface area contributed by atoms with Crippen LogP contribution >= 0.6 is 0 Å². The molecule has 3 heteroatoms. The fraction of sp³-hybridized carbons (Fsp3) is 0.562. The van der Waals surface area contributed by atoms with E-state index in [2.05, 4.69) is 20.8 Å². The summed E-state index contributed by atoms with van der Waals surface area (Å²) in [4.78, 5) is 11.1. The lowest BCUT2D eigenvalue weighted by atomic mass is 9.66. The number of hydrogen-bond acceptors (Lipinski definition) is 2. The van der Waals surface area contributed by atoms with E-state index in [1.807, 2.05) is 6.07 Å². The Hall–Kier alpha value is -1.51. The van der Waals surface area contributed by atoms with Crippen LogP contribution in [0.25, 0.3) is 0 Å². The summed E-state index contributed by atoms with van der Waals surface area (Å²) in [5, 5.41) is 18.7. The van der Waals surface area contributed by atoms with E-state index in [0.29, 0.717) is 17.3 Å². The van der Waals surface area contributed by atoms with Crippen LogP contribution in [0.2, 0.25) is 0 Å². The topological polar surface area (TPSA) is 57.5 Å². The first kappa shape index (κ1) is 13.9. The minimum Gasteiger partial charge on any atom is -0.507 e. The van der Waals surface area contributed by atoms with E-state index in [9.17, 15) is 9.90 Å². The molecule has 2 rings (SSSR count). The average molecular weight is 262 g/mol. The van der Waals surface area contributed by atoms with Crippen molar-refractivity contribution in [1.29, 1.82) is 0 Å². The van der Waals surface area contributed by atoms with Gasteiger partial charge in [-0.15, -0.1) is 0 Å². The van der Waals surface area contributed by atoms with E-state index in [4.69, 9.17) is 5.11 Å². The summed E-state index contributed by atoms with van der Waals surface area (Å²) >= 11 is 0. The van der Waals surface area contributed by atoms with Gasteiger partial charge in [-0.25, -0.2) is 4.79 Å². The highest BCUT2D eigenvalue weighted by Crippen LogP contribution is 2.46. The summed E-state index contributed by atoms with van der Waals surface area (Å²) in [7, 11) is 0. The zero-order valence-corrected chi connectivity index (χ0v) is 11.8. The summed E-state index contributed by atoms with van der Waals surface area (Å²) in [6.45, 7) is 6.80. The van der Waals surface area contributed by atoms with Gasteiger partial charge in [0.1, 0.15) is 11.3 Å². The number of phenols is 1. The van der Waals surface area contributed by atoms with Gasteiger partial charge in [0.2, 0.25) is 0 Å². The summed E-state index contributed by atoms with van der Waals surface area (Å²) < 4.78 is 0. The fourth-order valence-corrected chi connectivity index (χ4v) is 3.58. The molecule has 0 saturated heterocycles. The van der Waals surface area contributed by atoms with Crippen LogP contribution in [0.1, 0.15) is 61.9 Å². The van der Waals surface area contributed by atoms with Gasteiger partial charge in [0.05, 0.1) is 0 Å². The first-order valence-corrected chi connectivity index (χ1v) is 6.85. The maximum Gasteiger partial charge on any atom is 0.339 e. The highest BCUT2D eigenvalue weighted by Gasteiger charge is 2.33. The Labute approximate surface area is 114 Å². The highest BCUT2D eigenvalue weighted by atomic mass is 16.4. The summed E-state index contributed by atoms with van der Waals surface area (Å²) in [5.41, 5.74) is 1.34. The van der Waals surface area contributed by atoms with Crippen molar-refractivity contribution in [2.75, 3.05) is 0 Å². The number of carboxylic acids is 1. The molecule has 0 spiro atoms. The molecule has 19 heavy (non-hydrogen) atoms. The highest BCUT2D eigenvalue weighted by molar-refractivity contribution is 5.90. The molecule has 104 valence electrons. The van der Waals surface area contributed by atoms with E-state index < -0.39 is 5.97 Å². The molecule has 0 amide bonds. The number of benzene rings is 1. The van der Waals surface area contributed by atoms with Gasteiger partial charge in [0, 0.05) is 0 Å². The van der Waals surface area contributed by atoms with Crippen molar-refractivity contribution in [2.24, 2.45) is 11.3 Å². The molecule has 3 nitrogen and oxygen atoms in total. The molecule has 0 aliphatic heterocycles. The molecule has 0 radical (unpaired) electrons. The molecule has 1 aromatic carbocycles. The molecular weight excluding hydrogens is 240 g/mol. The minimum atomic E-state index is -1.07. The van der Waals surface area contributed by atoms with Gasteiger partial charge in [-0.3, -0.25) is 0 Å². The third-order valence-corrected chi connectivity index (χ3v) is 4.11. The van der Waals surface area contributed by atoms with Crippen LogP contribution in [0.3, 0.4) is 0 Å². The van der Waals surface area contributed by atoms with Gasteiger partial charge < -0.3 is 10.2 Å². The van der Waals surface area contributed by atoms with Crippen molar-refractivity contribution in [3.05, 3.63) is 29.3 Å². The maximum atomic E-state index is 11.1. The Morgan fingerprint density at radius 1 is 1.32 bits per heavy atom. The third kappa shape index (κ3) is 3.09. The molecule has 2 atom stereocenters. The Morgan fingerprint density at radius 3 is 2.58 bits per heavy atom. The van der Waals surface area contributed by atoms with Crippen LogP contribution in [-0.4, -0.2) is 16.2 Å². The Balaban J connectivity index is 2.31. The first-order chi connectivity index (χ1) is 8.78. The van der Waals surface area contributed by atoms with Gasteiger partial charge >= 0.3 is 5.97 Å². The Bertz CT molecular complexity index is 491. The van der Waals surface area contributed by atoms with E-state index >= 15 is 0 Å². The van der Waals surface area contributed by atoms with Crippen molar-refractivity contribution in [1.82, 2.24) is 0 Å². The van der Waals surface area contributed by atoms with Crippen molar-refractivity contribution in [3.63, 3.8) is 0 Å². The van der Waals surface area contributed by atoms with Gasteiger partial charge in [-0.1, -0.05) is 26.8 Å². The molecule has 1 aliphatic rings. The zero-order valence-electron chi connectivity index (χ0n) is 11.8. The third-order valence-electron chi connectivity index (χ3n) is 4.11. The predicted octanol–water partition coefficient (Wildman–Crippen LogP) is 4.02. The van der Waals surface area contributed by atoms with Crippen LogP contribution in [0.15, 0.2) is 18.2 Å². The van der Waals surface area contributed by atoms with Crippen LogP contribution in [0, 0.1) is 11.3 Å². The van der Waals surface area contributed by atoms with Gasteiger partial charge in [-0.05, 0) is 54.2 Å². The van der Waals surface area contributed by atoms with Crippen molar-refractivity contribution in [3.8, 4) is 5.75 Å². The van der Waals surface area contributed by atoms with Crippen LogP contribution < -0.4 is 0 Å². The molecule has 1 aliphatic carbocycles. The van der Waals surface area contributed by atoms with Crippen molar-refractivity contribution in [2.45, 2.75) is 46.0 Å². The number of carbonyl (C=O) groups is 1. The summed E-state index contributed by atoms with van der Waals surface area (Å²) in [6.07, 6.45) is 3.38. The molecule has 0 aromatic heterocycles. The summed E-state index contributed by atoms with van der Waals surface area (Å²) in [6, 6.07) is 5.00. The smallest absolute Gasteiger partial charge is 0.339 e. The lowest BCUT2D eigenvalue weighted by Crippen LogP contribution is -2.26. The average Bonchev–Trinajstić information content (AvgIpc) is 2.26. The second-order valence-electron chi connectivity index (χ2n) is 6.69. The quantitative estimate of drug-likeness (QED) is 0.846.